The molecule has 20 heavy (non-hydrogen) atoms. The van der Waals surface area contributed by atoms with Gasteiger partial charge in [0.25, 0.3) is 0 Å². The smallest absolute Gasteiger partial charge is 0.181 e. The summed E-state index contributed by atoms with van der Waals surface area (Å²) in [5, 5.41) is 4.65. The molecule has 0 saturated heterocycles. The first-order valence-electron chi connectivity index (χ1n) is 6.37. The summed E-state index contributed by atoms with van der Waals surface area (Å²) < 4.78 is 7.24. The van der Waals surface area contributed by atoms with Crippen molar-refractivity contribution < 1.29 is 4.42 Å². The van der Waals surface area contributed by atoms with Gasteiger partial charge < -0.3 is 4.42 Å². The molecule has 0 amide bonds. The Kier molecular flexibility index (Phi) is 2.45. The van der Waals surface area contributed by atoms with Gasteiger partial charge in [-0.15, -0.1) is 0 Å². The largest absolute Gasteiger partial charge is 0.442 e. The first kappa shape index (κ1) is 11.1. The maximum Gasteiger partial charge on any atom is 0.181 e. The van der Waals surface area contributed by atoms with Gasteiger partial charge in [0, 0.05) is 17.8 Å². The van der Waals surface area contributed by atoms with Crippen LogP contribution < -0.4 is 0 Å². The zero-order chi connectivity index (χ0) is 13.4. The predicted molar refractivity (Wildman–Crippen MR) is 72.0 cm³/mol. The lowest BCUT2D eigenvalue weighted by Gasteiger charge is -2.08. The SMILES string of the molecule is C1=Cc2c(-c3cnco3)nn(-c3ccncn3)c2CC1. The number of hydrogen-bond acceptors (Lipinski definition) is 5. The Balaban J connectivity index is 1.95. The highest BCUT2D eigenvalue weighted by Gasteiger charge is 2.22. The van der Waals surface area contributed by atoms with Crippen LogP contribution in [-0.4, -0.2) is 24.7 Å². The van der Waals surface area contributed by atoms with E-state index in [0.29, 0.717) is 5.76 Å². The van der Waals surface area contributed by atoms with Crippen molar-refractivity contribution in [2.24, 2.45) is 0 Å². The molecule has 0 aromatic carbocycles. The van der Waals surface area contributed by atoms with Gasteiger partial charge >= 0.3 is 0 Å². The van der Waals surface area contributed by atoms with Crippen LogP contribution in [0.5, 0.6) is 0 Å². The summed E-state index contributed by atoms with van der Waals surface area (Å²) in [6.45, 7) is 0. The molecule has 6 heteroatoms. The maximum absolute atomic E-state index is 5.38. The van der Waals surface area contributed by atoms with Gasteiger partial charge in [0.2, 0.25) is 0 Å². The summed E-state index contributed by atoms with van der Waals surface area (Å²) in [4.78, 5) is 12.2. The first-order valence-corrected chi connectivity index (χ1v) is 6.37. The Labute approximate surface area is 114 Å². The number of nitrogens with zero attached hydrogens (tertiary/aromatic N) is 5. The lowest BCUT2D eigenvalue weighted by atomic mass is 10.0. The van der Waals surface area contributed by atoms with Crippen LogP contribution in [-0.2, 0) is 6.42 Å². The zero-order valence-electron chi connectivity index (χ0n) is 10.6. The van der Waals surface area contributed by atoms with Gasteiger partial charge in [-0.05, 0) is 12.8 Å². The summed E-state index contributed by atoms with van der Waals surface area (Å²) in [5.74, 6) is 1.43. The van der Waals surface area contributed by atoms with E-state index in [1.807, 2.05) is 10.7 Å². The van der Waals surface area contributed by atoms with Crippen LogP contribution in [0.1, 0.15) is 17.7 Å². The van der Waals surface area contributed by atoms with Crippen molar-refractivity contribution in [2.45, 2.75) is 12.8 Å². The molecule has 0 spiro atoms. The third-order valence-electron chi connectivity index (χ3n) is 3.30. The molecule has 0 unspecified atom stereocenters. The molecule has 4 rings (SSSR count). The average molecular weight is 265 g/mol. The molecule has 0 bridgehead atoms. The predicted octanol–water partition coefficient (Wildman–Crippen LogP) is 2.28. The average Bonchev–Trinajstić information content (AvgIpc) is 3.15. The second kappa shape index (κ2) is 4.41. The van der Waals surface area contributed by atoms with E-state index >= 15 is 0 Å². The van der Waals surface area contributed by atoms with Gasteiger partial charge in [0.1, 0.15) is 12.0 Å². The van der Waals surface area contributed by atoms with Crippen molar-refractivity contribution in [3.63, 3.8) is 0 Å². The molecular weight excluding hydrogens is 254 g/mol. The highest BCUT2D eigenvalue weighted by atomic mass is 16.3. The van der Waals surface area contributed by atoms with Crippen LogP contribution in [0, 0.1) is 0 Å². The van der Waals surface area contributed by atoms with Crippen molar-refractivity contribution in [3.05, 3.63) is 48.5 Å². The molecule has 3 aromatic heterocycles. The summed E-state index contributed by atoms with van der Waals surface area (Å²) in [6.07, 6.45) is 12.5. The zero-order valence-corrected chi connectivity index (χ0v) is 10.6. The van der Waals surface area contributed by atoms with Crippen molar-refractivity contribution >= 4 is 6.08 Å². The number of hydrogen-bond donors (Lipinski definition) is 0. The van der Waals surface area contributed by atoms with Crippen LogP contribution in [0.2, 0.25) is 0 Å². The molecule has 1 aliphatic rings. The summed E-state index contributed by atoms with van der Waals surface area (Å²) in [5.41, 5.74) is 3.01. The minimum absolute atomic E-state index is 0.667. The van der Waals surface area contributed by atoms with E-state index in [1.165, 1.54) is 12.7 Å². The Morgan fingerprint density at radius 3 is 3.05 bits per heavy atom. The van der Waals surface area contributed by atoms with Gasteiger partial charge in [-0.25, -0.2) is 19.6 Å². The second-order valence-corrected chi connectivity index (χ2v) is 4.50. The maximum atomic E-state index is 5.38. The number of rotatable bonds is 2. The van der Waals surface area contributed by atoms with Crippen LogP contribution in [0.3, 0.4) is 0 Å². The molecule has 98 valence electrons. The summed E-state index contributed by atoms with van der Waals surface area (Å²) >= 11 is 0. The molecule has 0 saturated carbocycles. The minimum Gasteiger partial charge on any atom is -0.442 e. The molecule has 0 radical (unpaired) electrons. The van der Waals surface area contributed by atoms with Gasteiger partial charge in [-0.1, -0.05) is 12.2 Å². The molecule has 0 aliphatic heterocycles. The van der Waals surface area contributed by atoms with E-state index < -0.39 is 0 Å². The first-order chi connectivity index (χ1) is 9.93. The van der Waals surface area contributed by atoms with Crippen LogP contribution in [0.15, 0.2) is 41.7 Å². The fourth-order valence-electron chi connectivity index (χ4n) is 2.42. The van der Waals surface area contributed by atoms with E-state index in [4.69, 9.17) is 4.42 Å². The fraction of sp³-hybridized carbons (Fsp3) is 0.143. The highest BCUT2D eigenvalue weighted by molar-refractivity contribution is 5.71. The topological polar surface area (TPSA) is 69.6 Å². The number of allylic oxidation sites excluding steroid dienone is 1. The quantitative estimate of drug-likeness (QED) is 0.711. The Hall–Kier alpha value is -2.76. The third-order valence-corrected chi connectivity index (χ3v) is 3.30. The third kappa shape index (κ3) is 1.65. The van der Waals surface area contributed by atoms with Crippen molar-refractivity contribution in [2.75, 3.05) is 0 Å². The number of oxazole rings is 1. The molecule has 0 atom stereocenters. The van der Waals surface area contributed by atoms with E-state index in [-0.39, 0.29) is 0 Å². The van der Waals surface area contributed by atoms with Crippen LogP contribution >= 0.6 is 0 Å². The van der Waals surface area contributed by atoms with Crippen molar-refractivity contribution in [3.8, 4) is 17.3 Å². The van der Waals surface area contributed by atoms with Crippen molar-refractivity contribution in [1.82, 2.24) is 24.7 Å². The van der Waals surface area contributed by atoms with Crippen molar-refractivity contribution in [1.29, 1.82) is 0 Å². The van der Waals surface area contributed by atoms with Crippen LogP contribution in [0.25, 0.3) is 23.3 Å². The van der Waals surface area contributed by atoms with E-state index in [2.05, 4.69) is 32.2 Å². The molecule has 1 aliphatic carbocycles. The van der Waals surface area contributed by atoms with Crippen LogP contribution in [0.4, 0.5) is 0 Å². The molecular formula is C14H11N5O. The van der Waals surface area contributed by atoms with Gasteiger partial charge in [0.15, 0.2) is 18.0 Å². The highest BCUT2D eigenvalue weighted by Crippen LogP contribution is 2.31. The van der Waals surface area contributed by atoms with E-state index in [9.17, 15) is 0 Å². The van der Waals surface area contributed by atoms with E-state index in [1.54, 1.807) is 12.4 Å². The standard InChI is InChI=1S/C14H11N5O/c1-2-4-11-10(3-1)14(12-7-16-9-20-12)18-19(11)13-5-6-15-8-17-13/h1,3,5-9H,2,4H2. The fourth-order valence-corrected chi connectivity index (χ4v) is 2.42. The number of aromatic nitrogens is 5. The Bertz CT molecular complexity index is 758. The molecule has 6 nitrogen and oxygen atoms in total. The monoisotopic (exact) mass is 265 g/mol. The lowest BCUT2D eigenvalue weighted by molar-refractivity contribution is 0.568. The van der Waals surface area contributed by atoms with Gasteiger partial charge in [0.05, 0.1) is 11.9 Å². The molecule has 3 heterocycles. The second-order valence-electron chi connectivity index (χ2n) is 4.50. The summed E-state index contributed by atoms with van der Waals surface area (Å²) in [7, 11) is 0. The van der Waals surface area contributed by atoms with Gasteiger partial charge in [-0.2, -0.15) is 5.10 Å². The Morgan fingerprint density at radius 1 is 1.25 bits per heavy atom. The number of fused-ring (bicyclic) bond motifs is 1. The van der Waals surface area contributed by atoms with Gasteiger partial charge in [-0.3, -0.25) is 0 Å². The molecule has 0 N–H and O–H groups in total. The Morgan fingerprint density at radius 2 is 2.25 bits per heavy atom. The lowest BCUT2D eigenvalue weighted by Crippen LogP contribution is -2.06. The summed E-state index contributed by atoms with van der Waals surface area (Å²) in [6, 6.07) is 1.84. The minimum atomic E-state index is 0.667. The normalized spacial score (nSPS) is 13.4. The molecule has 3 aromatic rings. The molecule has 0 fully saturated rings. The van der Waals surface area contributed by atoms with E-state index in [0.717, 1.165) is 35.6 Å².